The number of carbonyl (C=O) groups excluding carboxylic acids is 2. The first-order valence-electron chi connectivity index (χ1n) is 8.67. The highest BCUT2D eigenvalue weighted by Crippen LogP contribution is 2.28. The molecule has 9 heteroatoms. The van der Waals surface area contributed by atoms with Gasteiger partial charge < -0.3 is 9.32 Å². The Morgan fingerprint density at radius 1 is 1.11 bits per heavy atom. The second-order valence-corrected chi connectivity index (χ2v) is 9.00. The summed E-state index contributed by atoms with van der Waals surface area (Å²) < 4.78 is 29.6. The second-order valence-electron chi connectivity index (χ2n) is 6.84. The molecule has 0 spiro atoms. The van der Waals surface area contributed by atoms with Gasteiger partial charge in [0, 0.05) is 38.1 Å². The predicted octanol–water partition coefficient (Wildman–Crippen LogP) is 0.367. The first kappa shape index (κ1) is 17.9. The Morgan fingerprint density at radius 3 is 2.56 bits per heavy atom. The normalized spacial score (nSPS) is 24.5. The van der Waals surface area contributed by atoms with E-state index in [1.165, 1.54) is 23.3 Å². The molecule has 2 atom stereocenters. The second kappa shape index (κ2) is 6.90. The van der Waals surface area contributed by atoms with Gasteiger partial charge in [0.1, 0.15) is 0 Å². The molecular formula is C18H19N3O5S. The minimum Gasteiger partial charge on any atom is -0.461 e. The van der Waals surface area contributed by atoms with E-state index in [1.807, 2.05) is 12.1 Å². The molecule has 2 aliphatic rings. The Kier molecular flexibility index (Phi) is 4.56. The van der Waals surface area contributed by atoms with Crippen molar-refractivity contribution in [3.05, 3.63) is 54.2 Å². The van der Waals surface area contributed by atoms with Crippen LogP contribution in [0.25, 0.3) is 0 Å². The van der Waals surface area contributed by atoms with E-state index in [1.54, 1.807) is 12.4 Å². The first-order chi connectivity index (χ1) is 12.9. The lowest BCUT2D eigenvalue weighted by Gasteiger charge is -2.43. The van der Waals surface area contributed by atoms with Gasteiger partial charge >= 0.3 is 0 Å². The van der Waals surface area contributed by atoms with E-state index >= 15 is 0 Å². The Hall–Kier alpha value is -2.52. The number of ketones is 1. The van der Waals surface area contributed by atoms with Crippen LogP contribution in [0.4, 0.5) is 0 Å². The van der Waals surface area contributed by atoms with Gasteiger partial charge in [-0.05, 0) is 29.8 Å². The van der Waals surface area contributed by atoms with Crippen LogP contribution in [0.5, 0.6) is 0 Å². The van der Waals surface area contributed by atoms with Crippen LogP contribution in [0.1, 0.15) is 16.1 Å². The number of amides is 1. The van der Waals surface area contributed by atoms with Crippen molar-refractivity contribution in [3.8, 4) is 0 Å². The summed E-state index contributed by atoms with van der Waals surface area (Å²) in [4.78, 5) is 32.6. The van der Waals surface area contributed by atoms with Crippen LogP contribution in [-0.2, 0) is 21.2 Å². The predicted molar refractivity (Wildman–Crippen MR) is 95.6 cm³/mol. The van der Waals surface area contributed by atoms with Gasteiger partial charge in [0.05, 0.1) is 23.8 Å². The fraction of sp³-hybridized carbons (Fsp3) is 0.389. The smallest absolute Gasteiger partial charge is 0.298 e. The monoisotopic (exact) mass is 389 g/mol. The zero-order valence-electron chi connectivity index (χ0n) is 14.5. The molecule has 0 N–H and O–H groups in total. The lowest BCUT2D eigenvalue weighted by Crippen LogP contribution is -2.61. The summed E-state index contributed by atoms with van der Waals surface area (Å²) in [5.74, 6) is -1.62. The number of hydrogen-bond donors (Lipinski definition) is 0. The van der Waals surface area contributed by atoms with Gasteiger partial charge in [0.2, 0.25) is 0 Å². The van der Waals surface area contributed by atoms with Crippen molar-refractivity contribution >= 4 is 21.5 Å². The largest absolute Gasteiger partial charge is 0.461 e. The molecule has 2 aliphatic heterocycles. The zero-order valence-corrected chi connectivity index (χ0v) is 15.3. The van der Waals surface area contributed by atoms with Crippen molar-refractivity contribution in [2.75, 3.05) is 24.6 Å². The summed E-state index contributed by atoms with van der Waals surface area (Å²) in [7, 11) is -3.28. The van der Waals surface area contributed by atoms with Crippen molar-refractivity contribution in [3.63, 3.8) is 0 Å². The topological polar surface area (TPSA) is 101 Å². The molecule has 4 heterocycles. The summed E-state index contributed by atoms with van der Waals surface area (Å²) in [6.45, 7) is 1.37. The standard InChI is InChI=1S/C18H19N3O5S/c22-17(16-2-1-9-26-16)18(23)21-8-7-20(10-13-3-5-19-6-4-13)14-11-27(24,25)12-15(14)21/h1-6,9,14-15H,7-8,10-12H2/t14-,15+/m1/s1. The number of piperazine rings is 1. The van der Waals surface area contributed by atoms with E-state index in [0.29, 0.717) is 19.6 Å². The van der Waals surface area contributed by atoms with E-state index in [4.69, 9.17) is 4.42 Å². The minimum atomic E-state index is -3.28. The van der Waals surface area contributed by atoms with E-state index < -0.39 is 27.6 Å². The van der Waals surface area contributed by atoms with Gasteiger partial charge in [-0.1, -0.05) is 0 Å². The summed E-state index contributed by atoms with van der Waals surface area (Å²) in [6.07, 6.45) is 4.72. The third kappa shape index (κ3) is 3.52. The highest BCUT2D eigenvalue weighted by molar-refractivity contribution is 7.91. The van der Waals surface area contributed by atoms with Gasteiger partial charge in [-0.15, -0.1) is 0 Å². The van der Waals surface area contributed by atoms with Crippen molar-refractivity contribution in [1.82, 2.24) is 14.8 Å². The number of aromatic nitrogens is 1. The molecule has 142 valence electrons. The van der Waals surface area contributed by atoms with Gasteiger partial charge in [0.15, 0.2) is 15.6 Å². The number of hydrogen-bond acceptors (Lipinski definition) is 7. The molecule has 0 saturated carbocycles. The average molecular weight is 389 g/mol. The summed E-state index contributed by atoms with van der Waals surface area (Å²) in [6, 6.07) is 5.88. The first-order valence-corrected chi connectivity index (χ1v) is 10.5. The molecule has 0 bridgehead atoms. The highest BCUT2D eigenvalue weighted by Gasteiger charge is 2.49. The molecule has 2 fully saturated rings. The van der Waals surface area contributed by atoms with Crippen LogP contribution in [0.15, 0.2) is 47.3 Å². The van der Waals surface area contributed by atoms with Crippen LogP contribution in [0.3, 0.4) is 0 Å². The Bertz CT molecular complexity index is 943. The van der Waals surface area contributed by atoms with Crippen LogP contribution < -0.4 is 0 Å². The van der Waals surface area contributed by atoms with Crippen molar-refractivity contribution in [2.45, 2.75) is 18.6 Å². The van der Waals surface area contributed by atoms with E-state index in [-0.39, 0.29) is 23.3 Å². The number of sulfone groups is 1. The Morgan fingerprint density at radius 2 is 1.85 bits per heavy atom. The molecule has 0 aromatic carbocycles. The number of pyridine rings is 1. The SMILES string of the molecule is O=C(C(=O)N1CCN(Cc2ccncc2)[C@@H]2CS(=O)(=O)C[C@@H]21)c1ccco1. The fourth-order valence-corrected chi connectivity index (χ4v) is 5.85. The summed E-state index contributed by atoms with van der Waals surface area (Å²) in [5.41, 5.74) is 1.03. The van der Waals surface area contributed by atoms with Crippen LogP contribution >= 0.6 is 0 Å². The number of fused-ring (bicyclic) bond motifs is 1. The van der Waals surface area contributed by atoms with E-state index in [9.17, 15) is 18.0 Å². The number of carbonyl (C=O) groups is 2. The Balaban J connectivity index is 1.57. The fourth-order valence-electron chi connectivity index (χ4n) is 3.84. The van der Waals surface area contributed by atoms with Crippen molar-refractivity contribution in [2.24, 2.45) is 0 Å². The van der Waals surface area contributed by atoms with E-state index in [0.717, 1.165) is 5.56 Å². The quantitative estimate of drug-likeness (QED) is 0.550. The van der Waals surface area contributed by atoms with Crippen LogP contribution in [-0.4, -0.2) is 71.6 Å². The number of rotatable bonds is 4. The molecule has 0 unspecified atom stereocenters. The molecular weight excluding hydrogens is 370 g/mol. The summed E-state index contributed by atoms with van der Waals surface area (Å²) in [5, 5.41) is 0. The van der Waals surface area contributed by atoms with Crippen molar-refractivity contribution < 1.29 is 22.4 Å². The molecule has 2 saturated heterocycles. The number of Topliss-reactive ketones (excluding diaryl/α,β-unsaturated/α-hetero) is 1. The minimum absolute atomic E-state index is 0.0124. The van der Waals surface area contributed by atoms with Crippen LogP contribution in [0, 0.1) is 0 Å². The maximum Gasteiger partial charge on any atom is 0.298 e. The maximum atomic E-state index is 12.7. The Labute approximate surface area is 156 Å². The molecule has 0 aliphatic carbocycles. The maximum absolute atomic E-state index is 12.7. The van der Waals surface area contributed by atoms with Gasteiger partial charge in [-0.2, -0.15) is 0 Å². The molecule has 1 amide bonds. The molecule has 4 rings (SSSR count). The van der Waals surface area contributed by atoms with Gasteiger partial charge in [-0.3, -0.25) is 19.5 Å². The zero-order chi connectivity index (χ0) is 19.0. The van der Waals surface area contributed by atoms with Crippen molar-refractivity contribution in [1.29, 1.82) is 0 Å². The number of furan rings is 1. The van der Waals surface area contributed by atoms with Gasteiger partial charge in [-0.25, -0.2) is 8.42 Å². The summed E-state index contributed by atoms with van der Waals surface area (Å²) >= 11 is 0. The lowest BCUT2D eigenvalue weighted by atomic mass is 10.0. The molecule has 2 aromatic rings. The third-order valence-electron chi connectivity index (χ3n) is 5.13. The molecule has 8 nitrogen and oxygen atoms in total. The third-order valence-corrected chi connectivity index (χ3v) is 6.82. The average Bonchev–Trinajstić information content (AvgIpc) is 3.29. The molecule has 2 aromatic heterocycles. The lowest BCUT2D eigenvalue weighted by molar-refractivity contribution is -0.132. The van der Waals surface area contributed by atoms with E-state index in [2.05, 4.69) is 9.88 Å². The van der Waals surface area contributed by atoms with Crippen LogP contribution in [0.2, 0.25) is 0 Å². The van der Waals surface area contributed by atoms with Gasteiger partial charge in [0.25, 0.3) is 11.7 Å². The molecule has 0 radical (unpaired) electrons. The highest BCUT2D eigenvalue weighted by atomic mass is 32.2. The number of nitrogens with zero attached hydrogens (tertiary/aromatic N) is 3. The molecule has 27 heavy (non-hydrogen) atoms.